The van der Waals surface area contributed by atoms with Crippen LogP contribution in [0.4, 0.5) is 0 Å². The van der Waals surface area contributed by atoms with E-state index in [4.69, 9.17) is 0 Å². The smallest absolute Gasteiger partial charge is 0.0925 e. The molecule has 2 N–H and O–H groups in total. The van der Waals surface area contributed by atoms with Crippen LogP contribution in [0.3, 0.4) is 0 Å². The highest BCUT2D eigenvalue weighted by Gasteiger charge is 2.04. The van der Waals surface area contributed by atoms with Gasteiger partial charge < -0.3 is 9.97 Å². The molecule has 0 saturated carbocycles. The molecule has 4 nitrogen and oxygen atoms in total. The minimum Gasteiger partial charge on any atom is -0.348 e. The largest absolute Gasteiger partial charge is 0.348 e. The predicted molar refractivity (Wildman–Crippen MR) is 61.6 cm³/mol. The van der Waals surface area contributed by atoms with E-state index in [1.807, 2.05) is 25.6 Å². The molecule has 0 aliphatic heterocycles. The number of aromatic amines is 2. The number of imidazole rings is 2. The zero-order valence-corrected chi connectivity index (χ0v) is 9.69. The Balaban J connectivity index is 1.86. The maximum atomic E-state index is 4.25. The summed E-state index contributed by atoms with van der Waals surface area (Å²) in [4.78, 5) is 14.7. The van der Waals surface area contributed by atoms with E-state index >= 15 is 0 Å². The van der Waals surface area contributed by atoms with Crippen molar-refractivity contribution in [1.82, 2.24) is 19.9 Å². The van der Waals surface area contributed by atoms with Crippen LogP contribution in [-0.4, -0.2) is 19.9 Å². The molecule has 0 radical (unpaired) electrons. The monoisotopic (exact) mass is 222 g/mol. The number of hydrogen-bond donors (Lipinski definition) is 2. The Morgan fingerprint density at radius 1 is 1.00 bits per heavy atom. The standard InChI is InChI=1S/C10H14N4S/c1-7-9(13-5-11-7)3-15-4-10-8(2)12-6-14-10/h5-6H,3-4H2,1-2H3,(H,11,13)(H,12,14). The Hall–Kier alpha value is -1.23. The lowest BCUT2D eigenvalue weighted by Gasteiger charge is -1.99. The van der Waals surface area contributed by atoms with E-state index in [0.717, 1.165) is 34.3 Å². The van der Waals surface area contributed by atoms with Gasteiger partial charge in [-0.25, -0.2) is 9.97 Å². The Morgan fingerprint density at radius 3 is 1.80 bits per heavy atom. The van der Waals surface area contributed by atoms with Crippen LogP contribution in [0.1, 0.15) is 22.8 Å². The molecule has 0 aliphatic rings. The molecule has 0 amide bonds. The van der Waals surface area contributed by atoms with Gasteiger partial charge >= 0.3 is 0 Å². The molecule has 2 aromatic rings. The third-order valence-corrected chi connectivity index (χ3v) is 3.30. The van der Waals surface area contributed by atoms with Crippen LogP contribution in [0.15, 0.2) is 12.7 Å². The van der Waals surface area contributed by atoms with Crippen molar-refractivity contribution in [2.24, 2.45) is 0 Å². The van der Waals surface area contributed by atoms with Crippen molar-refractivity contribution < 1.29 is 0 Å². The molecule has 15 heavy (non-hydrogen) atoms. The van der Waals surface area contributed by atoms with Crippen LogP contribution in [0, 0.1) is 13.8 Å². The molecule has 0 bridgehead atoms. The number of H-pyrrole nitrogens is 2. The van der Waals surface area contributed by atoms with E-state index in [0.29, 0.717) is 0 Å². The predicted octanol–water partition coefficient (Wildman–Crippen LogP) is 2.18. The summed E-state index contributed by atoms with van der Waals surface area (Å²) in [6.45, 7) is 4.09. The van der Waals surface area contributed by atoms with E-state index in [2.05, 4.69) is 19.9 Å². The Bertz CT molecular complexity index is 392. The van der Waals surface area contributed by atoms with Gasteiger partial charge in [-0.05, 0) is 13.8 Å². The molecule has 0 saturated heterocycles. The second-order valence-electron chi connectivity index (χ2n) is 3.44. The summed E-state index contributed by atoms with van der Waals surface area (Å²) >= 11 is 1.83. The first-order valence-corrected chi connectivity index (χ1v) is 5.98. The molecular formula is C10H14N4S. The molecule has 0 fully saturated rings. The van der Waals surface area contributed by atoms with E-state index in [1.165, 1.54) is 0 Å². The summed E-state index contributed by atoms with van der Waals surface area (Å²) in [7, 11) is 0. The maximum Gasteiger partial charge on any atom is 0.0925 e. The van der Waals surface area contributed by atoms with Gasteiger partial charge in [-0.15, -0.1) is 11.8 Å². The maximum absolute atomic E-state index is 4.25. The number of thioether (sulfide) groups is 1. The number of aryl methyl sites for hydroxylation is 2. The third-order valence-electron chi connectivity index (χ3n) is 2.35. The highest BCUT2D eigenvalue weighted by molar-refractivity contribution is 7.97. The van der Waals surface area contributed by atoms with Crippen LogP contribution in [-0.2, 0) is 11.5 Å². The average Bonchev–Trinajstić information content (AvgIpc) is 2.78. The topological polar surface area (TPSA) is 57.4 Å². The summed E-state index contributed by atoms with van der Waals surface area (Å²) in [5.41, 5.74) is 4.57. The highest BCUT2D eigenvalue weighted by Crippen LogP contribution is 2.18. The minimum absolute atomic E-state index is 0.932. The van der Waals surface area contributed by atoms with Crippen LogP contribution in [0.25, 0.3) is 0 Å². The van der Waals surface area contributed by atoms with Gasteiger partial charge in [0.15, 0.2) is 0 Å². The lowest BCUT2D eigenvalue weighted by Crippen LogP contribution is -1.88. The van der Waals surface area contributed by atoms with Gasteiger partial charge in [0.05, 0.1) is 24.0 Å². The molecule has 0 atom stereocenters. The summed E-state index contributed by atoms with van der Waals surface area (Å²) in [6.07, 6.45) is 3.48. The number of rotatable bonds is 4. The fourth-order valence-electron chi connectivity index (χ4n) is 1.31. The number of nitrogens with zero attached hydrogens (tertiary/aromatic N) is 2. The van der Waals surface area contributed by atoms with Crippen LogP contribution in [0.2, 0.25) is 0 Å². The van der Waals surface area contributed by atoms with Crippen molar-refractivity contribution in [3.63, 3.8) is 0 Å². The summed E-state index contributed by atoms with van der Waals surface area (Å²) in [6, 6.07) is 0. The van der Waals surface area contributed by atoms with Gasteiger partial charge in [-0.2, -0.15) is 0 Å². The van der Waals surface area contributed by atoms with Gasteiger partial charge in [0.1, 0.15) is 0 Å². The van der Waals surface area contributed by atoms with Crippen molar-refractivity contribution in [3.8, 4) is 0 Å². The summed E-state index contributed by atoms with van der Waals surface area (Å²) in [5.74, 6) is 1.86. The van der Waals surface area contributed by atoms with Gasteiger partial charge in [0.25, 0.3) is 0 Å². The van der Waals surface area contributed by atoms with Crippen molar-refractivity contribution in [3.05, 3.63) is 35.4 Å². The zero-order valence-electron chi connectivity index (χ0n) is 8.87. The van der Waals surface area contributed by atoms with E-state index in [9.17, 15) is 0 Å². The normalized spacial score (nSPS) is 10.8. The number of aromatic nitrogens is 4. The summed E-state index contributed by atoms with van der Waals surface area (Å²) in [5, 5.41) is 0. The van der Waals surface area contributed by atoms with Crippen LogP contribution >= 0.6 is 11.8 Å². The number of nitrogens with one attached hydrogen (secondary N) is 2. The second kappa shape index (κ2) is 4.53. The van der Waals surface area contributed by atoms with Gasteiger partial charge in [0, 0.05) is 22.9 Å². The van der Waals surface area contributed by atoms with E-state index in [1.54, 1.807) is 12.7 Å². The van der Waals surface area contributed by atoms with E-state index < -0.39 is 0 Å². The molecule has 0 unspecified atom stereocenters. The molecule has 0 aliphatic carbocycles. The lowest BCUT2D eigenvalue weighted by molar-refractivity contribution is 1.16. The minimum atomic E-state index is 0.932. The molecule has 5 heteroatoms. The number of hydrogen-bond acceptors (Lipinski definition) is 3. The fraction of sp³-hybridized carbons (Fsp3) is 0.400. The SMILES string of the molecule is Cc1[nH]cnc1CSCc1nc[nH]c1C. The first-order chi connectivity index (χ1) is 7.27. The van der Waals surface area contributed by atoms with Gasteiger partial charge in [0.2, 0.25) is 0 Å². The Kier molecular flexibility index (Phi) is 3.11. The quantitative estimate of drug-likeness (QED) is 0.833. The third kappa shape index (κ3) is 2.41. The molecular weight excluding hydrogens is 208 g/mol. The zero-order chi connectivity index (χ0) is 10.7. The first-order valence-electron chi connectivity index (χ1n) is 4.83. The molecule has 0 spiro atoms. The molecule has 2 aromatic heterocycles. The lowest BCUT2D eigenvalue weighted by atomic mass is 10.4. The van der Waals surface area contributed by atoms with Crippen molar-refractivity contribution in [2.75, 3.05) is 0 Å². The molecule has 0 aromatic carbocycles. The second-order valence-corrected chi connectivity index (χ2v) is 4.43. The summed E-state index contributed by atoms with van der Waals surface area (Å²) < 4.78 is 0. The van der Waals surface area contributed by atoms with Gasteiger partial charge in [-0.3, -0.25) is 0 Å². The first kappa shape index (κ1) is 10.3. The van der Waals surface area contributed by atoms with Gasteiger partial charge in [-0.1, -0.05) is 0 Å². The highest BCUT2D eigenvalue weighted by atomic mass is 32.2. The Labute approximate surface area is 92.9 Å². The van der Waals surface area contributed by atoms with Crippen molar-refractivity contribution in [2.45, 2.75) is 25.4 Å². The van der Waals surface area contributed by atoms with Crippen molar-refractivity contribution in [1.29, 1.82) is 0 Å². The fourth-order valence-corrected chi connectivity index (χ4v) is 2.38. The Morgan fingerprint density at radius 2 is 1.47 bits per heavy atom. The molecule has 2 rings (SSSR count). The average molecular weight is 222 g/mol. The van der Waals surface area contributed by atoms with E-state index in [-0.39, 0.29) is 0 Å². The molecule has 80 valence electrons. The van der Waals surface area contributed by atoms with Crippen molar-refractivity contribution >= 4 is 11.8 Å². The molecule has 2 heterocycles. The van der Waals surface area contributed by atoms with Crippen LogP contribution < -0.4 is 0 Å². The van der Waals surface area contributed by atoms with Crippen LogP contribution in [0.5, 0.6) is 0 Å².